The van der Waals surface area contributed by atoms with E-state index in [0.29, 0.717) is 35.2 Å². The van der Waals surface area contributed by atoms with Gasteiger partial charge in [0.15, 0.2) is 11.5 Å². The highest BCUT2D eigenvalue weighted by atomic mass is 35.5. The van der Waals surface area contributed by atoms with Crippen molar-refractivity contribution in [2.45, 2.75) is 31.6 Å². The van der Waals surface area contributed by atoms with Crippen LogP contribution in [0.4, 0.5) is 0 Å². The first kappa shape index (κ1) is 18.6. The standard InChI is InChI=1S/C21H24ClNO3/c1-3-11-26-19-17(22)12-15(13-18(19)25-2)20(24)23-14-21(9-10-21)16-7-5-4-6-8-16/h4-8,12-13H,3,9-11,14H2,1-2H3,(H,23,24). The van der Waals surface area contributed by atoms with Gasteiger partial charge in [0.2, 0.25) is 0 Å². The van der Waals surface area contributed by atoms with E-state index in [-0.39, 0.29) is 11.3 Å². The number of carbonyl (C=O) groups is 1. The van der Waals surface area contributed by atoms with Gasteiger partial charge in [-0.25, -0.2) is 0 Å². The normalized spacial score (nSPS) is 14.6. The monoisotopic (exact) mass is 373 g/mol. The average Bonchev–Trinajstić information content (AvgIpc) is 3.46. The van der Waals surface area contributed by atoms with Crippen LogP contribution < -0.4 is 14.8 Å². The van der Waals surface area contributed by atoms with Crippen LogP contribution >= 0.6 is 11.6 Å². The van der Waals surface area contributed by atoms with Crippen molar-refractivity contribution in [2.75, 3.05) is 20.3 Å². The van der Waals surface area contributed by atoms with Gasteiger partial charge in [-0.1, -0.05) is 48.9 Å². The molecule has 1 aliphatic carbocycles. The lowest BCUT2D eigenvalue weighted by atomic mass is 9.96. The van der Waals surface area contributed by atoms with Crippen LogP contribution in [-0.4, -0.2) is 26.2 Å². The van der Waals surface area contributed by atoms with Crippen LogP contribution in [0.25, 0.3) is 0 Å². The topological polar surface area (TPSA) is 47.6 Å². The van der Waals surface area contributed by atoms with Crippen LogP contribution in [0, 0.1) is 0 Å². The van der Waals surface area contributed by atoms with Crippen molar-refractivity contribution in [3.63, 3.8) is 0 Å². The van der Waals surface area contributed by atoms with Crippen molar-refractivity contribution in [3.8, 4) is 11.5 Å². The first-order valence-corrected chi connectivity index (χ1v) is 9.31. The maximum atomic E-state index is 12.6. The fraction of sp³-hybridized carbons (Fsp3) is 0.381. The molecule has 4 nitrogen and oxygen atoms in total. The van der Waals surface area contributed by atoms with E-state index in [2.05, 4.69) is 17.4 Å². The maximum Gasteiger partial charge on any atom is 0.251 e. The molecule has 0 atom stereocenters. The second kappa shape index (κ2) is 8.00. The minimum atomic E-state index is -0.158. The Bertz CT molecular complexity index is 772. The molecule has 0 saturated heterocycles. The highest BCUT2D eigenvalue weighted by Crippen LogP contribution is 2.47. The number of rotatable bonds is 8. The number of nitrogens with one attached hydrogen (secondary N) is 1. The Kier molecular flexibility index (Phi) is 5.72. The summed E-state index contributed by atoms with van der Waals surface area (Å²) in [6.07, 6.45) is 3.04. The van der Waals surface area contributed by atoms with E-state index in [9.17, 15) is 4.79 Å². The molecule has 1 aliphatic rings. The molecule has 5 heteroatoms. The largest absolute Gasteiger partial charge is 0.493 e. The number of halogens is 1. The van der Waals surface area contributed by atoms with Crippen molar-refractivity contribution in [1.82, 2.24) is 5.32 Å². The Morgan fingerprint density at radius 2 is 1.96 bits per heavy atom. The zero-order valence-electron chi connectivity index (χ0n) is 15.2. The van der Waals surface area contributed by atoms with Crippen LogP contribution in [-0.2, 0) is 5.41 Å². The van der Waals surface area contributed by atoms with Crippen LogP contribution in [0.2, 0.25) is 5.02 Å². The van der Waals surface area contributed by atoms with Gasteiger partial charge < -0.3 is 14.8 Å². The molecule has 0 heterocycles. The van der Waals surface area contributed by atoms with E-state index < -0.39 is 0 Å². The van der Waals surface area contributed by atoms with Crippen molar-refractivity contribution < 1.29 is 14.3 Å². The summed E-state index contributed by atoms with van der Waals surface area (Å²) in [4.78, 5) is 12.6. The summed E-state index contributed by atoms with van der Waals surface area (Å²) >= 11 is 6.31. The fourth-order valence-electron chi connectivity index (χ4n) is 3.06. The van der Waals surface area contributed by atoms with E-state index >= 15 is 0 Å². The smallest absolute Gasteiger partial charge is 0.251 e. The third kappa shape index (κ3) is 3.96. The molecule has 1 fully saturated rings. The molecule has 0 radical (unpaired) electrons. The Hall–Kier alpha value is -2.20. The zero-order valence-corrected chi connectivity index (χ0v) is 15.9. The van der Waals surface area contributed by atoms with Crippen LogP contribution in [0.15, 0.2) is 42.5 Å². The van der Waals surface area contributed by atoms with Crippen LogP contribution in [0.1, 0.15) is 42.1 Å². The van der Waals surface area contributed by atoms with Gasteiger partial charge in [0.1, 0.15) is 0 Å². The van der Waals surface area contributed by atoms with Crippen molar-refractivity contribution in [3.05, 3.63) is 58.6 Å². The quantitative estimate of drug-likeness (QED) is 0.735. The number of hydrogen-bond donors (Lipinski definition) is 1. The SMILES string of the molecule is CCCOc1c(Cl)cc(C(=O)NCC2(c3ccccc3)CC2)cc1OC. The Morgan fingerprint density at radius 3 is 2.58 bits per heavy atom. The number of ether oxygens (including phenoxy) is 2. The molecule has 0 spiro atoms. The lowest BCUT2D eigenvalue weighted by molar-refractivity contribution is 0.0949. The molecule has 2 aromatic rings. The minimum absolute atomic E-state index is 0.0645. The van der Waals surface area contributed by atoms with Crippen molar-refractivity contribution in [2.24, 2.45) is 0 Å². The molecular weight excluding hydrogens is 350 g/mol. The summed E-state index contributed by atoms with van der Waals surface area (Å²) < 4.78 is 11.0. The summed E-state index contributed by atoms with van der Waals surface area (Å²) in [5, 5.41) is 3.43. The first-order valence-electron chi connectivity index (χ1n) is 8.93. The lowest BCUT2D eigenvalue weighted by Gasteiger charge is -2.17. The Labute approximate surface area is 159 Å². The second-order valence-electron chi connectivity index (χ2n) is 6.67. The van der Waals surface area contributed by atoms with Crippen molar-refractivity contribution in [1.29, 1.82) is 0 Å². The van der Waals surface area contributed by atoms with Crippen molar-refractivity contribution >= 4 is 17.5 Å². The summed E-state index contributed by atoms with van der Waals surface area (Å²) in [6.45, 7) is 3.17. The van der Waals surface area contributed by atoms with E-state index in [1.54, 1.807) is 19.2 Å². The van der Waals surface area contributed by atoms with Gasteiger partial charge in [-0.15, -0.1) is 0 Å². The number of amides is 1. The molecule has 0 unspecified atom stereocenters. The Balaban J connectivity index is 1.71. The van der Waals surface area contributed by atoms with E-state index in [0.717, 1.165) is 19.3 Å². The van der Waals surface area contributed by atoms with Gasteiger partial charge in [-0.05, 0) is 37.0 Å². The molecule has 1 N–H and O–H groups in total. The summed E-state index contributed by atoms with van der Waals surface area (Å²) in [7, 11) is 1.54. The number of methoxy groups -OCH3 is 1. The summed E-state index contributed by atoms with van der Waals surface area (Å²) in [5.41, 5.74) is 1.81. The van der Waals surface area contributed by atoms with Gasteiger partial charge in [0, 0.05) is 17.5 Å². The van der Waals surface area contributed by atoms with Gasteiger partial charge in [0.05, 0.1) is 18.7 Å². The van der Waals surface area contributed by atoms with E-state index in [1.165, 1.54) is 5.56 Å². The molecular formula is C21H24ClNO3. The third-order valence-electron chi connectivity index (χ3n) is 4.77. The van der Waals surface area contributed by atoms with Gasteiger partial charge in [0.25, 0.3) is 5.91 Å². The van der Waals surface area contributed by atoms with Gasteiger partial charge in [-0.2, -0.15) is 0 Å². The molecule has 0 aliphatic heterocycles. The third-order valence-corrected chi connectivity index (χ3v) is 5.05. The molecule has 2 aromatic carbocycles. The Morgan fingerprint density at radius 1 is 1.23 bits per heavy atom. The second-order valence-corrected chi connectivity index (χ2v) is 7.07. The molecule has 138 valence electrons. The summed E-state index contributed by atoms with van der Waals surface area (Å²) in [6, 6.07) is 13.6. The minimum Gasteiger partial charge on any atom is -0.493 e. The lowest BCUT2D eigenvalue weighted by Crippen LogP contribution is -2.32. The fourth-order valence-corrected chi connectivity index (χ4v) is 3.32. The first-order chi connectivity index (χ1) is 12.6. The molecule has 26 heavy (non-hydrogen) atoms. The molecule has 0 aromatic heterocycles. The van der Waals surface area contributed by atoms with Gasteiger partial charge in [-0.3, -0.25) is 4.79 Å². The highest BCUT2D eigenvalue weighted by Gasteiger charge is 2.44. The molecule has 1 saturated carbocycles. The predicted molar refractivity (Wildman–Crippen MR) is 103 cm³/mol. The number of carbonyl (C=O) groups excluding carboxylic acids is 1. The summed E-state index contributed by atoms with van der Waals surface area (Å²) in [5.74, 6) is 0.797. The predicted octanol–water partition coefficient (Wildman–Crippen LogP) is 4.60. The average molecular weight is 374 g/mol. The molecule has 0 bridgehead atoms. The highest BCUT2D eigenvalue weighted by molar-refractivity contribution is 6.32. The number of hydrogen-bond acceptors (Lipinski definition) is 3. The zero-order chi connectivity index (χ0) is 18.6. The van der Waals surface area contributed by atoms with Crippen LogP contribution in [0.3, 0.4) is 0 Å². The maximum absolute atomic E-state index is 12.6. The molecule has 3 rings (SSSR count). The van der Waals surface area contributed by atoms with Crippen LogP contribution in [0.5, 0.6) is 11.5 Å². The van der Waals surface area contributed by atoms with E-state index in [4.69, 9.17) is 21.1 Å². The van der Waals surface area contributed by atoms with Gasteiger partial charge >= 0.3 is 0 Å². The number of benzene rings is 2. The van der Waals surface area contributed by atoms with E-state index in [1.807, 2.05) is 25.1 Å². The molecule has 1 amide bonds.